The Morgan fingerprint density at radius 2 is 0.435 bits per heavy atom. The van der Waals surface area contributed by atoms with Crippen molar-refractivity contribution >= 4 is 130 Å². The number of rotatable bonds is 3. The fourth-order valence-electron chi connectivity index (χ4n) is 11.6. The topological polar surface area (TPSA) is 78.1 Å². The molecule has 0 atom stereocenters. The summed E-state index contributed by atoms with van der Waals surface area (Å²) < 4.78 is 20.5. The van der Waals surface area contributed by atoms with Crippen LogP contribution in [-0.2, 0) is 0 Å². The highest BCUT2D eigenvalue weighted by Crippen LogP contribution is 2.44. The molecule has 0 radical (unpaired) electrons. The van der Waals surface area contributed by atoms with Crippen LogP contribution in [0.2, 0.25) is 0 Å². The molecule has 0 N–H and O–H groups in total. The van der Waals surface area contributed by atoms with Crippen molar-refractivity contribution in [2.75, 3.05) is 0 Å². The maximum Gasteiger partial charge on any atom is 0.164 e. The quantitative estimate of drug-likeness (QED) is 0.176. The van der Waals surface area contributed by atoms with Gasteiger partial charge in [-0.1, -0.05) is 146 Å². The Morgan fingerprint density at radius 3 is 0.739 bits per heavy atom. The van der Waals surface area contributed by atoms with Gasteiger partial charge in [-0.2, -0.15) is 0 Å². The summed E-state index contributed by atoms with van der Waals surface area (Å²) >= 11 is 0. The Bertz CT molecular complexity index is 4400. The van der Waals surface area contributed by atoms with Gasteiger partial charge in [-0.3, -0.25) is 0 Å². The van der Waals surface area contributed by atoms with E-state index in [4.69, 9.17) is 28.2 Å². The Labute approximate surface area is 391 Å². The lowest BCUT2D eigenvalue weighted by Crippen LogP contribution is -2.01. The second kappa shape index (κ2) is 13.6. The van der Waals surface area contributed by atoms with Crippen LogP contribution in [0.3, 0.4) is 0 Å². The van der Waals surface area contributed by atoms with Crippen LogP contribution in [0.4, 0.5) is 0 Å². The zero-order chi connectivity index (χ0) is 44.9. The first kappa shape index (κ1) is 36.8. The van der Waals surface area contributed by atoms with Crippen LogP contribution in [0.1, 0.15) is 0 Å². The molecule has 0 fully saturated rings. The molecule has 16 rings (SSSR count). The second-order valence-electron chi connectivity index (χ2n) is 18.1. The lowest BCUT2D eigenvalue weighted by atomic mass is 9.96. The molecule has 0 unspecified atom stereocenters. The molecule has 0 saturated carbocycles. The fraction of sp³-hybridized carbons (Fsp3) is 0. The monoisotopic (exact) mass is 879 g/mol. The fourth-order valence-corrected chi connectivity index (χ4v) is 11.6. The van der Waals surface area contributed by atoms with E-state index in [2.05, 4.69) is 200 Å². The van der Waals surface area contributed by atoms with Crippen LogP contribution in [-0.4, -0.2) is 15.0 Å². The van der Waals surface area contributed by atoms with Gasteiger partial charge in [0.15, 0.2) is 17.5 Å². The maximum absolute atomic E-state index is 6.83. The first-order valence-corrected chi connectivity index (χ1v) is 23.2. The number of nitrogens with zero attached hydrogens (tertiary/aromatic N) is 3. The lowest BCUT2D eigenvalue weighted by molar-refractivity contribution is 0.664. The van der Waals surface area contributed by atoms with E-state index in [1.54, 1.807) is 0 Å². The Morgan fingerprint density at radius 1 is 0.203 bits per heavy atom. The summed E-state index contributed by atoms with van der Waals surface area (Å²) in [7, 11) is 0. The van der Waals surface area contributed by atoms with Crippen LogP contribution >= 0.6 is 0 Å². The van der Waals surface area contributed by atoms with Crippen LogP contribution in [0.5, 0.6) is 0 Å². The van der Waals surface area contributed by atoms with E-state index in [1.807, 2.05) is 0 Å². The minimum absolute atomic E-state index is 0.552. The van der Waals surface area contributed by atoms with Gasteiger partial charge in [0, 0.05) is 49.0 Å². The summed E-state index contributed by atoms with van der Waals surface area (Å²) in [5.74, 6) is 1.66. The van der Waals surface area contributed by atoms with Gasteiger partial charge in [0.05, 0.1) is 0 Å². The largest absolute Gasteiger partial charge is 0.456 e. The van der Waals surface area contributed by atoms with Gasteiger partial charge in [0.1, 0.15) is 33.5 Å². The third-order valence-corrected chi connectivity index (χ3v) is 14.5. The van der Waals surface area contributed by atoms with Gasteiger partial charge in [0.25, 0.3) is 0 Å². The predicted molar refractivity (Wildman–Crippen MR) is 283 cm³/mol. The van der Waals surface area contributed by atoms with Crippen molar-refractivity contribution in [3.8, 4) is 34.2 Å². The normalized spacial score (nSPS) is 12.3. The summed E-state index contributed by atoms with van der Waals surface area (Å²) in [5, 5.41) is 19.3. The Hall–Kier alpha value is -9.39. The highest BCUT2D eigenvalue weighted by atomic mass is 16.3. The van der Waals surface area contributed by atoms with E-state index in [-0.39, 0.29) is 0 Å². The molecule has 4 aromatic heterocycles. The molecular formula is C63H33N3O3. The molecule has 0 aliphatic heterocycles. The Kier molecular flexibility index (Phi) is 7.25. The second-order valence-corrected chi connectivity index (χ2v) is 18.1. The lowest BCUT2D eigenvalue weighted by Gasteiger charge is -2.14. The zero-order valence-electron chi connectivity index (χ0n) is 36.6. The maximum atomic E-state index is 6.83. The zero-order valence-corrected chi connectivity index (χ0v) is 36.6. The van der Waals surface area contributed by atoms with Crippen molar-refractivity contribution in [2.24, 2.45) is 0 Å². The molecule has 0 bridgehead atoms. The minimum Gasteiger partial charge on any atom is -0.456 e. The molecule has 0 aliphatic rings. The van der Waals surface area contributed by atoms with Crippen LogP contribution in [0.15, 0.2) is 213 Å². The van der Waals surface area contributed by atoms with Crippen molar-refractivity contribution in [3.05, 3.63) is 200 Å². The highest BCUT2D eigenvalue weighted by Gasteiger charge is 2.22. The number of hydrogen-bond acceptors (Lipinski definition) is 6. The van der Waals surface area contributed by atoms with E-state index in [0.717, 1.165) is 147 Å². The molecule has 0 amide bonds. The van der Waals surface area contributed by atoms with Crippen LogP contribution in [0, 0.1) is 0 Å². The van der Waals surface area contributed by atoms with E-state index < -0.39 is 0 Å². The van der Waals surface area contributed by atoms with Crippen molar-refractivity contribution < 1.29 is 13.3 Å². The Balaban J connectivity index is 1.02. The molecule has 12 aromatic carbocycles. The van der Waals surface area contributed by atoms with Gasteiger partial charge < -0.3 is 13.3 Å². The van der Waals surface area contributed by atoms with Gasteiger partial charge in [-0.05, 0) is 119 Å². The van der Waals surface area contributed by atoms with Crippen molar-refractivity contribution in [1.82, 2.24) is 15.0 Å². The third-order valence-electron chi connectivity index (χ3n) is 14.5. The molecule has 6 heteroatoms. The SMILES string of the molecule is c1cc2cccc3c4cccc5c(-c6nc(-c7ccc8oc9cccc%10cccc(c%11cccc7c8%11)c%109)nc(-c7ccc8oc9cccc%10cccc(c%11cccc7c8%11)c%109)n6)ccc(oc(c1)c23)c54. The van der Waals surface area contributed by atoms with Gasteiger partial charge in [0.2, 0.25) is 0 Å². The average Bonchev–Trinajstić information content (AvgIpc) is 3.71. The standard InChI is InChI=1S/C63H33N3O3/c1-10-34-13-4-25-49-55(34)37(16-1)40-19-7-22-43-46(28-31-52(67-49)58(40)43)61-64-62(47-29-32-53-59-41(20-8-23-44(47)59)38-17-2-11-35-14-5-26-50(68-53)56(35)38)66-63(65-61)48-30-33-54-60-42(21-9-24-45(48)60)39-18-3-12-36-15-6-27-51(69-54)57(36)39/h1-33H. The summed E-state index contributed by atoms with van der Waals surface area (Å²) in [4.78, 5) is 16.5. The van der Waals surface area contributed by atoms with Crippen molar-refractivity contribution in [1.29, 1.82) is 0 Å². The van der Waals surface area contributed by atoms with E-state index in [1.165, 1.54) is 0 Å². The van der Waals surface area contributed by atoms with Crippen LogP contribution < -0.4 is 0 Å². The molecule has 318 valence electrons. The van der Waals surface area contributed by atoms with E-state index in [9.17, 15) is 0 Å². The molecule has 6 nitrogen and oxygen atoms in total. The number of aromatic nitrogens is 3. The van der Waals surface area contributed by atoms with E-state index >= 15 is 0 Å². The molecule has 4 heterocycles. The molecule has 69 heavy (non-hydrogen) atoms. The summed E-state index contributed by atoms with van der Waals surface area (Å²) in [5.41, 5.74) is 7.48. The number of hydrogen-bond donors (Lipinski definition) is 0. The number of benzene rings is 12. The predicted octanol–water partition coefficient (Wildman–Crippen LogP) is 17.5. The van der Waals surface area contributed by atoms with Crippen LogP contribution in [0.25, 0.3) is 165 Å². The third kappa shape index (κ3) is 5.12. The van der Waals surface area contributed by atoms with Gasteiger partial charge in [-0.25, -0.2) is 15.0 Å². The van der Waals surface area contributed by atoms with Crippen molar-refractivity contribution in [2.45, 2.75) is 0 Å². The molecule has 0 spiro atoms. The van der Waals surface area contributed by atoms with Crippen molar-refractivity contribution in [3.63, 3.8) is 0 Å². The molecule has 16 aromatic rings. The number of fused-ring (bicyclic) bond motifs is 3. The smallest absolute Gasteiger partial charge is 0.164 e. The summed E-state index contributed by atoms with van der Waals surface area (Å²) in [6.07, 6.45) is 0. The minimum atomic E-state index is 0.552. The first-order valence-electron chi connectivity index (χ1n) is 23.2. The van der Waals surface area contributed by atoms with Gasteiger partial charge in [-0.15, -0.1) is 0 Å². The summed E-state index contributed by atoms with van der Waals surface area (Å²) in [6, 6.07) is 70.1. The van der Waals surface area contributed by atoms with E-state index in [0.29, 0.717) is 17.5 Å². The van der Waals surface area contributed by atoms with Gasteiger partial charge >= 0.3 is 0 Å². The average molecular weight is 880 g/mol. The first-order chi connectivity index (χ1) is 34.2. The molecule has 0 aliphatic carbocycles. The molecule has 0 saturated heterocycles. The highest BCUT2D eigenvalue weighted by molar-refractivity contribution is 6.27. The summed E-state index contributed by atoms with van der Waals surface area (Å²) in [6.45, 7) is 0. The molecular weight excluding hydrogens is 847 g/mol.